The zero-order chi connectivity index (χ0) is 15.3. The van der Waals surface area contributed by atoms with Gasteiger partial charge in [0.15, 0.2) is 0 Å². The molecule has 0 bridgehead atoms. The van der Waals surface area contributed by atoms with Gasteiger partial charge in [0, 0.05) is 31.5 Å². The van der Waals surface area contributed by atoms with Gasteiger partial charge in [0.25, 0.3) is 0 Å². The number of amides is 1. The fourth-order valence-electron chi connectivity index (χ4n) is 1.44. The summed E-state index contributed by atoms with van der Waals surface area (Å²) in [5.74, 6) is 0.143. The molecule has 20 heavy (non-hydrogen) atoms. The molecule has 1 aromatic carbocycles. The SMILES string of the molecule is COc1ccc(Br)cc1S(=O)(=O)NCCN(C)C(C)=O. The number of carbonyl (C=O) groups is 1. The van der Waals surface area contributed by atoms with Gasteiger partial charge in [-0.1, -0.05) is 15.9 Å². The molecule has 6 nitrogen and oxygen atoms in total. The lowest BCUT2D eigenvalue weighted by molar-refractivity contribution is -0.127. The van der Waals surface area contributed by atoms with Crippen LogP contribution in [0.4, 0.5) is 0 Å². The Morgan fingerprint density at radius 1 is 1.45 bits per heavy atom. The predicted octanol–water partition coefficient (Wildman–Crippen LogP) is 1.21. The molecule has 0 aromatic heterocycles. The van der Waals surface area contributed by atoms with Crippen molar-refractivity contribution in [1.29, 1.82) is 0 Å². The van der Waals surface area contributed by atoms with E-state index in [4.69, 9.17) is 4.74 Å². The van der Waals surface area contributed by atoms with E-state index in [9.17, 15) is 13.2 Å². The molecule has 1 amide bonds. The first kappa shape index (κ1) is 16.9. The number of ether oxygens (including phenoxy) is 1. The third-order valence-electron chi connectivity index (χ3n) is 2.69. The monoisotopic (exact) mass is 364 g/mol. The predicted molar refractivity (Wildman–Crippen MR) is 79.2 cm³/mol. The summed E-state index contributed by atoms with van der Waals surface area (Å²) in [6, 6.07) is 4.73. The van der Waals surface area contributed by atoms with Crippen LogP contribution in [0.3, 0.4) is 0 Å². The highest BCUT2D eigenvalue weighted by molar-refractivity contribution is 9.10. The lowest BCUT2D eigenvalue weighted by Crippen LogP contribution is -2.35. The Balaban J connectivity index is 2.84. The number of likely N-dealkylation sites (N-methyl/N-ethyl adjacent to an activating group) is 1. The average Bonchev–Trinajstić information content (AvgIpc) is 2.38. The van der Waals surface area contributed by atoms with E-state index >= 15 is 0 Å². The fraction of sp³-hybridized carbons (Fsp3) is 0.417. The number of nitrogens with one attached hydrogen (secondary N) is 1. The van der Waals surface area contributed by atoms with Gasteiger partial charge in [0.2, 0.25) is 15.9 Å². The van der Waals surface area contributed by atoms with Crippen molar-refractivity contribution >= 4 is 31.9 Å². The number of methoxy groups -OCH3 is 1. The number of benzene rings is 1. The van der Waals surface area contributed by atoms with Gasteiger partial charge < -0.3 is 9.64 Å². The van der Waals surface area contributed by atoms with Gasteiger partial charge in [-0.2, -0.15) is 0 Å². The molecule has 0 aliphatic rings. The third kappa shape index (κ3) is 4.46. The molecule has 0 aliphatic carbocycles. The van der Waals surface area contributed by atoms with E-state index in [1.165, 1.54) is 25.0 Å². The van der Waals surface area contributed by atoms with Crippen LogP contribution in [-0.4, -0.2) is 46.5 Å². The number of hydrogen-bond acceptors (Lipinski definition) is 4. The Kier molecular flexibility index (Phi) is 5.97. The van der Waals surface area contributed by atoms with Gasteiger partial charge >= 0.3 is 0 Å². The summed E-state index contributed by atoms with van der Waals surface area (Å²) in [5.41, 5.74) is 0. The molecule has 1 aromatic rings. The second-order valence-electron chi connectivity index (χ2n) is 4.13. The van der Waals surface area contributed by atoms with E-state index in [1.807, 2.05) is 0 Å². The van der Waals surface area contributed by atoms with E-state index < -0.39 is 10.0 Å². The first-order chi connectivity index (χ1) is 9.27. The number of sulfonamides is 1. The van der Waals surface area contributed by atoms with Crippen molar-refractivity contribution in [3.63, 3.8) is 0 Å². The van der Waals surface area contributed by atoms with Crippen molar-refractivity contribution in [1.82, 2.24) is 9.62 Å². The van der Waals surface area contributed by atoms with Crippen LogP contribution in [0.1, 0.15) is 6.92 Å². The molecule has 0 atom stereocenters. The van der Waals surface area contributed by atoms with Gasteiger partial charge in [-0.25, -0.2) is 13.1 Å². The van der Waals surface area contributed by atoms with E-state index in [0.29, 0.717) is 11.0 Å². The summed E-state index contributed by atoms with van der Waals surface area (Å²) in [6.07, 6.45) is 0. The summed E-state index contributed by atoms with van der Waals surface area (Å²) in [4.78, 5) is 12.5. The first-order valence-corrected chi connectivity index (χ1v) is 8.10. The van der Waals surface area contributed by atoms with Crippen molar-refractivity contribution < 1.29 is 17.9 Å². The van der Waals surface area contributed by atoms with Crippen LogP contribution in [-0.2, 0) is 14.8 Å². The van der Waals surface area contributed by atoms with Crippen molar-refractivity contribution in [3.05, 3.63) is 22.7 Å². The maximum absolute atomic E-state index is 12.2. The van der Waals surface area contributed by atoms with Gasteiger partial charge in [0.05, 0.1) is 7.11 Å². The molecular weight excluding hydrogens is 348 g/mol. The van der Waals surface area contributed by atoms with Crippen LogP contribution in [0.25, 0.3) is 0 Å². The number of rotatable bonds is 6. The molecule has 0 radical (unpaired) electrons. The molecule has 112 valence electrons. The van der Waals surface area contributed by atoms with Crippen LogP contribution in [0.5, 0.6) is 5.75 Å². The Morgan fingerprint density at radius 2 is 2.10 bits per heavy atom. The second-order valence-corrected chi connectivity index (χ2v) is 6.78. The summed E-state index contributed by atoms with van der Waals surface area (Å²) < 4.78 is 32.5. The van der Waals surface area contributed by atoms with Crippen LogP contribution < -0.4 is 9.46 Å². The molecular formula is C12H17BrN2O4S. The molecule has 0 spiro atoms. The number of nitrogens with zero attached hydrogens (tertiary/aromatic N) is 1. The summed E-state index contributed by atoms with van der Waals surface area (Å²) >= 11 is 3.23. The number of carbonyl (C=O) groups excluding carboxylic acids is 1. The molecule has 1 rings (SSSR count). The lowest BCUT2D eigenvalue weighted by Gasteiger charge is -2.16. The minimum Gasteiger partial charge on any atom is -0.495 e. The summed E-state index contributed by atoms with van der Waals surface area (Å²) in [7, 11) is -0.674. The first-order valence-electron chi connectivity index (χ1n) is 5.83. The van der Waals surface area contributed by atoms with Crippen LogP contribution in [0.2, 0.25) is 0 Å². The molecule has 8 heteroatoms. The van der Waals surface area contributed by atoms with Crippen LogP contribution in [0.15, 0.2) is 27.6 Å². The number of hydrogen-bond donors (Lipinski definition) is 1. The zero-order valence-corrected chi connectivity index (χ0v) is 13.9. The Morgan fingerprint density at radius 3 is 2.65 bits per heavy atom. The summed E-state index contributed by atoms with van der Waals surface area (Å²) in [6.45, 7) is 1.85. The standard InChI is InChI=1S/C12H17BrN2O4S/c1-9(16)15(2)7-6-14-20(17,18)12-8-10(13)4-5-11(12)19-3/h4-5,8,14H,6-7H2,1-3H3. The highest BCUT2D eigenvalue weighted by atomic mass is 79.9. The van der Waals surface area contributed by atoms with Crippen molar-refractivity contribution in [2.24, 2.45) is 0 Å². The highest BCUT2D eigenvalue weighted by Crippen LogP contribution is 2.26. The minimum atomic E-state index is -3.69. The Bertz CT molecular complexity index is 589. The van der Waals surface area contributed by atoms with Gasteiger partial charge in [-0.05, 0) is 18.2 Å². The normalized spacial score (nSPS) is 11.2. The largest absolute Gasteiger partial charge is 0.495 e. The second kappa shape index (κ2) is 7.05. The van der Waals surface area contributed by atoms with Crippen LogP contribution in [0, 0.1) is 0 Å². The smallest absolute Gasteiger partial charge is 0.244 e. The lowest BCUT2D eigenvalue weighted by atomic mass is 10.3. The quantitative estimate of drug-likeness (QED) is 0.823. The average molecular weight is 365 g/mol. The molecule has 1 N–H and O–H groups in total. The number of halogens is 1. The van der Waals surface area contributed by atoms with E-state index in [0.717, 1.165) is 0 Å². The third-order valence-corrected chi connectivity index (χ3v) is 4.67. The summed E-state index contributed by atoms with van der Waals surface area (Å²) in [5, 5.41) is 0. The van der Waals surface area contributed by atoms with Gasteiger partial charge in [-0.15, -0.1) is 0 Å². The van der Waals surface area contributed by atoms with Gasteiger partial charge in [-0.3, -0.25) is 4.79 Å². The maximum Gasteiger partial charge on any atom is 0.244 e. The molecule has 0 unspecified atom stereocenters. The van der Waals surface area contributed by atoms with Crippen molar-refractivity contribution in [2.75, 3.05) is 27.2 Å². The van der Waals surface area contributed by atoms with Crippen LogP contribution >= 0.6 is 15.9 Å². The van der Waals surface area contributed by atoms with Gasteiger partial charge in [0.1, 0.15) is 10.6 Å². The highest BCUT2D eigenvalue weighted by Gasteiger charge is 2.19. The zero-order valence-electron chi connectivity index (χ0n) is 11.5. The van der Waals surface area contributed by atoms with Crippen molar-refractivity contribution in [2.45, 2.75) is 11.8 Å². The van der Waals surface area contributed by atoms with E-state index in [-0.39, 0.29) is 23.1 Å². The Labute approximate surface area is 127 Å². The van der Waals surface area contributed by atoms with E-state index in [1.54, 1.807) is 19.2 Å². The molecule has 0 fully saturated rings. The molecule has 0 saturated carbocycles. The maximum atomic E-state index is 12.2. The Hall–Kier alpha value is -1.12. The minimum absolute atomic E-state index is 0.0554. The molecule has 0 heterocycles. The van der Waals surface area contributed by atoms with E-state index in [2.05, 4.69) is 20.7 Å². The topological polar surface area (TPSA) is 75.7 Å². The molecule has 0 aliphatic heterocycles. The molecule has 0 saturated heterocycles. The van der Waals surface area contributed by atoms with Crippen molar-refractivity contribution in [3.8, 4) is 5.75 Å². The fourth-order valence-corrected chi connectivity index (χ4v) is 3.17.